The van der Waals surface area contributed by atoms with Crippen molar-refractivity contribution in [1.29, 1.82) is 0 Å². The summed E-state index contributed by atoms with van der Waals surface area (Å²) in [6.07, 6.45) is 0. The topological polar surface area (TPSA) is 35.6 Å². The second-order valence-electron chi connectivity index (χ2n) is 15.4. The van der Waals surface area contributed by atoms with Crippen molar-refractivity contribution in [2.45, 2.75) is 0 Å². The average molecular weight is 737 g/mol. The predicted molar refractivity (Wildman–Crippen MR) is 241 cm³/mol. The molecule has 0 spiro atoms. The number of hydrogen-bond donors (Lipinski definition) is 0. The van der Waals surface area contributed by atoms with Crippen LogP contribution in [0.4, 0.5) is 0 Å². The summed E-state index contributed by atoms with van der Waals surface area (Å²) < 4.78 is 4.79. The Morgan fingerprint density at radius 1 is 0.328 bits per heavy atom. The van der Waals surface area contributed by atoms with Gasteiger partial charge in [-0.15, -0.1) is 0 Å². The van der Waals surface area contributed by atoms with E-state index in [0.717, 1.165) is 50.4 Å². The minimum Gasteiger partial charge on any atom is -0.309 e. The minimum absolute atomic E-state index is 0.734. The third-order valence-corrected chi connectivity index (χ3v) is 12.2. The van der Waals surface area contributed by atoms with E-state index in [1.807, 2.05) is 0 Å². The molecule has 0 radical (unpaired) electrons. The lowest BCUT2D eigenvalue weighted by molar-refractivity contribution is 1.17. The second-order valence-corrected chi connectivity index (χ2v) is 15.4. The smallest absolute Gasteiger partial charge is 0.160 e. The van der Waals surface area contributed by atoms with Crippen molar-refractivity contribution in [3.05, 3.63) is 194 Å². The molecule has 0 saturated carbocycles. The molecule has 268 valence electrons. The molecule has 1 aliphatic rings. The fraction of sp³-hybridized carbons (Fsp3) is 0. The summed E-state index contributed by atoms with van der Waals surface area (Å²) in [6, 6.07) is 70.2. The van der Waals surface area contributed by atoms with Gasteiger partial charge >= 0.3 is 0 Å². The quantitative estimate of drug-likeness (QED) is 0.180. The Labute approximate surface area is 333 Å². The Hall–Kier alpha value is -7.82. The van der Waals surface area contributed by atoms with Gasteiger partial charge in [0.1, 0.15) is 0 Å². The van der Waals surface area contributed by atoms with Crippen LogP contribution in [0.15, 0.2) is 194 Å². The summed E-state index contributed by atoms with van der Waals surface area (Å²) >= 11 is 0. The number of para-hydroxylation sites is 2. The van der Waals surface area contributed by atoms with E-state index in [0.29, 0.717) is 0 Å². The van der Waals surface area contributed by atoms with E-state index >= 15 is 0 Å². The van der Waals surface area contributed by atoms with E-state index in [2.05, 4.69) is 203 Å². The van der Waals surface area contributed by atoms with Gasteiger partial charge < -0.3 is 9.13 Å². The van der Waals surface area contributed by atoms with Gasteiger partial charge in [0.2, 0.25) is 0 Å². The van der Waals surface area contributed by atoms with Gasteiger partial charge in [0.25, 0.3) is 0 Å². The molecule has 0 fully saturated rings. The van der Waals surface area contributed by atoms with Crippen molar-refractivity contribution in [2.24, 2.45) is 0 Å². The summed E-state index contributed by atoms with van der Waals surface area (Å²) in [5.74, 6) is 0.734. The zero-order valence-corrected chi connectivity index (χ0v) is 31.3. The standard InChI is InChI=1S/C54H32N4/c1-2-14-37(15-3-1)57-49-28-26-35(32-45(49)51-39-17-5-4-12-33(39)24-29-50(51)57)34-25-27-48-44(31-34)41-19-8-9-23-47(41)58(48)38-16-10-13-36(30-38)54-55-46-22-11-21-42-40-18-6-7-20-43(40)53(56-54)52(42)46/h1-32H. The number of rotatable bonds is 4. The number of nitrogens with zero attached hydrogens (tertiary/aromatic N) is 4. The maximum absolute atomic E-state index is 5.23. The molecule has 0 bridgehead atoms. The molecular weight excluding hydrogens is 705 g/mol. The van der Waals surface area contributed by atoms with Crippen molar-refractivity contribution in [1.82, 2.24) is 19.1 Å². The van der Waals surface area contributed by atoms with E-state index in [4.69, 9.17) is 9.97 Å². The van der Waals surface area contributed by atoms with Crippen molar-refractivity contribution < 1.29 is 0 Å². The molecule has 58 heavy (non-hydrogen) atoms. The van der Waals surface area contributed by atoms with Crippen molar-refractivity contribution in [3.8, 4) is 56.3 Å². The molecule has 3 heterocycles. The minimum atomic E-state index is 0.734. The molecular formula is C54H32N4. The highest BCUT2D eigenvalue weighted by atomic mass is 15.0. The lowest BCUT2D eigenvalue weighted by Crippen LogP contribution is -1.97. The number of benzene rings is 9. The third kappa shape index (κ3) is 4.40. The molecule has 9 aromatic carbocycles. The highest BCUT2D eigenvalue weighted by Gasteiger charge is 2.24. The Bertz CT molecular complexity index is 3680. The van der Waals surface area contributed by atoms with E-state index < -0.39 is 0 Å². The van der Waals surface area contributed by atoms with Gasteiger partial charge in [-0.05, 0) is 99.8 Å². The summed E-state index contributed by atoms with van der Waals surface area (Å²) in [6.45, 7) is 0. The highest BCUT2D eigenvalue weighted by Crippen LogP contribution is 2.46. The van der Waals surface area contributed by atoms with Gasteiger partial charge in [0, 0.05) is 49.4 Å². The maximum Gasteiger partial charge on any atom is 0.160 e. The Morgan fingerprint density at radius 2 is 0.966 bits per heavy atom. The Morgan fingerprint density at radius 3 is 1.84 bits per heavy atom. The van der Waals surface area contributed by atoms with Crippen molar-refractivity contribution in [3.63, 3.8) is 0 Å². The van der Waals surface area contributed by atoms with Crippen molar-refractivity contribution in [2.75, 3.05) is 0 Å². The number of aromatic nitrogens is 4. The lowest BCUT2D eigenvalue weighted by atomic mass is 9.99. The van der Waals surface area contributed by atoms with Crippen LogP contribution >= 0.6 is 0 Å². The third-order valence-electron chi connectivity index (χ3n) is 12.2. The molecule has 0 amide bonds. The van der Waals surface area contributed by atoms with Gasteiger partial charge in [-0.3, -0.25) is 0 Å². The SMILES string of the molecule is c1ccc(-n2c3ccc(-c4ccc5c(c4)c4ccccc4n5-c4cccc(-c5nc6c7c(cccc7n5)-c5ccccc5-6)c4)cc3c3c4ccccc4ccc32)cc1. The largest absolute Gasteiger partial charge is 0.309 e. The van der Waals surface area contributed by atoms with E-state index in [1.165, 1.54) is 71.2 Å². The van der Waals surface area contributed by atoms with Crippen LogP contribution in [0.2, 0.25) is 0 Å². The molecule has 4 heteroatoms. The van der Waals surface area contributed by atoms with Gasteiger partial charge in [-0.2, -0.15) is 0 Å². The molecule has 1 aliphatic carbocycles. The van der Waals surface area contributed by atoms with Crippen LogP contribution < -0.4 is 0 Å². The molecule has 0 aliphatic heterocycles. The van der Waals surface area contributed by atoms with Gasteiger partial charge in [0.15, 0.2) is 5.82 Å². The highest BCUT2D eigenvalue weighted by molar-refractivity contribution is 6.22. The first-order chi connectivity index (χ1) is 28.8. The van der Waals surface area contributed by atoms with Crippen LogP contribution in [0.3, 0.4) is 0 Å². The fourth-order valence-electron chi connectivity index (χ4n) is 9.70. The van der Waals surface area contributed by atoms with Gasteiger partial charge in [0.05, 0.1) is 33.3 Å². The lowest BCUT2D eigenvalue weighted by Gasteiger charge is -2.11. The Balaban J connectivity index is 0.976. The summed E-state index contributed by atoms with van der Waals surface area (Å²) in [5, 5.41) is 8.62. The van der Waals surface area contributed by atoms with Gasteiger partial charge in [-0.25, -0.2) is 9.97 Å². The molecule has 12 aromatic rings. The van der Waals surface area contributed by atoms with Gasteiger partial charge in [-0.1, -0.05) is 127 Å². The molecule has 13 rings (SSSR count). The second kappa shape index (κ2) is 11.8. The number of fused-ring (bicyclic) bond motifs is 11. The first kappa shape index (κ1) is 31.4. The molecule has 3 aromatic heterocycles. The zero-order valence-electron chi connectivity index (χ0n) is 31.3. The molecule has 0 N–H and O–H groups in total. The summed E-state index contributed by atoms with van der Waals surface area (Å²) in [5.41, 5.74) is 15.9. The zero-order chi connectivity index (χ0) is 37.9. The molecule has 4 nitrogen and oxygen atoms in total. The van der Waals surface area contributed by atoms with E-state index in [1.54, 1.807) is 0 Å². The number of hydrogen-bond acceptors (Lipinski definition) is 2. The van der Waals surface area contributed by atoms with Crippen LogP contribution in [0.1, 0.15) is 0 Å². The molecule has 0 atom stereocenters. The van der Waals surface area contributed by atoms with Crippen LogP contribution in [0.5, 0.6) is 0 Å². The summed E-state index contributed by atoms with van der Waals surface area (Å²) in [4.78, 5) is 10.4. The van der Waals surface area contributed by atoms with E-state index in [9.17, 15) is 0 Å². The Kier molecular flexibility index (Phi) is 6.41. The summed E-state index contributed by atoms with van der Waals surface area (Å²) in [7, 11) is 0. The van der Waals surface area contributed by atoms with Crippen LogP contribution in [-0.4, -0.2) is 19.1 Å². The van der Waals surface area contributed by atoms with Crippen molar-refractivity contribution >= 4 is 65.3 Å². The first-order valence-corrected chi connectivity index (χ1v) is 19.8. The average Bonchev–Trinajstić information content (AvgIpc) is 3.93. The normalized spacial score (nSPS) is 12.1. The fourth-order valence-corrected chi connectivity index (χ4v) is 9.70. The molecule has 0 saturated heterocycles. The van der Waals surface area contributed by atoms with Crippen LogP contribution in [-0.2, 0) is 0 Å². The van der Waals surface area contributed by atoms with Crippen LogP contribution in [0, 0.1) is 0 Å². The van der Waals surface area contributed by atoms with E-state index in [-0.39, 0.29) is 0 Å². The van der Waals surface area contributed by atoms with Crippen LogP contribution in [0.25, 0.3) is 122 Å². The first-order valence-electron chi connectivity index (χ1n) is 19.8. The predicted octanol–water partition coefficient (Wildman–Crippen LogP) is 14.0. The maximum atomic E-state index is 5.23. The monoisotopic (exact) mass is 736 g/mol. The molecule has 0 unspecified atom stereocenters.